The normalized spacial score (nSPS) is 20.1. The minimum Gasteiger partial charge on any atom is -0.313 e. The van der Waals surface area contributed by atoms with Gasteiger partial charge in [-0.15, -0.1) is 0 Å². The van der Waals surface area contributed by atoms with Crippen molar-refractivity contribution in [2.45, 2.75) is 62.4 Å². The lowest BCUT2D eigenvalue weighted by Gasteiger charge is -2.34. The first-order chi connectivity index (χ1) is 9.86. The van der Waals surface area contributed by atoms with Gasteiger partial charge in [0, 0.05) is 11.6 Å². The van der Waals surface area contributed by atoms with Gasteiger partial charge in [0.15, 0.2) is 0 Å². The Balaban J connectivity index is 2.15. The molecule has 0 radical (unpaired) electrons. The maximum absolute atomic E-state index is 12.5. The summed E-state index contributed by atoms with van der Waals surface area (Å²) in [6.07, 6.45) is 5.23. The number of benzene rings is 1. The van der Waals surface area contributed by atoms with Crippen LogP contribution in [0.5, 0.6) is 0 Å². The van der Waals surface area contributed by atoms with Crippen molar-refractivity contribution in [3.8, 4) is 0 Å². The lowest BCUT2D eigenvalue weighted by atomic mass is 9.84. The Bertz CT molecular complexity index is 560. The van der Waals surface area contributed by atoms with Crippen LogP contribution in [0.4, 0.5) is 0 Å². The minimum atomic E-state index is -3.44. The van der Waals surface area contributed by atoms with Gasteiger partial charge in [0.2, 0.25) is 10.0 Å². The van der Waals surface area contributed by atoms with E-state index in [1.54, 1.807) is 12.1 Å². The van der Waals surface area contributed by atoms with Gasteiger partial charge < -0.3 is 5.32 Å². The van der Waals surface area contributed by atoms with Crippen LogP contribution in [0.1, 0.15) is 57.6 Å². The van der Waals surface area contributed by atoms with E-state index in [0.717, 1.165) is 31.2 Å². The average molecular weight is 310 g/mol. The molecule has 1 unspecified atom stereocenters. The number of sulfonamides is 1. The Hall–Kier alpha value is -0.910. The lowest BCUT2D eigenvalue weighted by molar-refractivity contribution is 0.294. The minimum absolute atomic E-state index is 0.213. The molecule has 1 aromatic carbocycles. The van der Waals surface area contributed by atoms with Gasteiger partial charge in [0.1, 0.15) is 0 Å². The summed E-state index contributed by atoms with van der Waals surface area (Å²) in [7, 11) is -1.55. The highest BCUT2D eigenvalue weighted by Crippen LogP contribution is 2.29. The first-order valence-electron chi connectivity index (χ1n) is 7.67. The topological polar surface area (TPSA) is 58.2 Å². The SMILES string of the molecule is CNC(C)c1ccc(S(=O)(=O)NC2(C)CCCCC2)cc1. The summed E-state index contributed by atoms with van der Waals surface area (Å²) in [5.74, 6) is 0. The molecule has 2 N–H and O–H groups in total. The molecule has 0 saturated heterocycles. The van der Waals surface area contributed by atoms with Crippen molar-refractivity contribution in [1.29, 1.82) is 0 Å². The fraction of sp³-hybridized carbons (Fsp3) is 0.625. The van der Waals surface area contributed by atoms with Gasteiger partial charge in [0.05, 0.1) is 4.90 Å². The van der Waals surface area contributed by atoms with E-state index in [1.807, 2.05) is 33.0 Å². The molecule has 1 saturated carbocycles. The molecule has 1 aliphatic carbocycles. The van der Waals surface area contributed by atoms with E-state index in [1.165, 1.54) is 6.42 Å². The second-order valence-corrected chi connectivity index (χ2v) is 7.99. The van der Waals surface area contributed by atoms with E-state index in [4.69, 9.17) is 0 Å². The third kappa shape index (κ3) is 4.05. The first-order valence-corrected chi connectivity index (χ1v) is 9.16. The van der Waals surface area contributed by atoms with Crippen LogP contribution in [0.3, 0.4) is 0 Å². The predicted molar refractivity (Wildman–Crippen MR) is 85.7 cm³/mol. The first kappa shape index (κ1) is 16.5. The van der Waals surface area contributed by atoms with Crippen LogP contribution in [0.2, 0.25) is 0 Å². The highest BCUT2D eigenvalue weighted by Gasteiger charge is 2.31. The predicted octanol–water partition coefficient (Wildman–Crippen LogP) is 2.97. The average Bonchev–Trinajstić information content (AvgIpc) is 2.46. The van der Waals surface area contributed by atoms with Crippen molar-refractivity contribution in [1.82, 2.24) is 10.0 Å². The highest BCUT2D eigenvalue weighted by atomic mass is 32.2. The molecule has 2 rings (SSSR count). The Kier molecular flexibility index (Phi) is 5.07. The van der Waals surface area contributed by atoms with E-state index in [2.05, 4.69) is 10.0 Å². The Morgan fingerprint density at radius 3 is 2.19 bits per heavy atom. The summed E-state index contributed by atoms with van der Waals surface area (Å²) in [5.41, 5.74) is 0.786. The van der Waals surface area contributed by atoms with E-state index in [-0.39, 0.29) is 11.6 Å². The van der Waals surface area contributed by atoms with Crippen LogP contribution < -0.4 is 10.0 Å². The zero-order valence-electron chi connectivity index (χ0n) is 13.1. The van der Waals surface area contributed by atoms with Crippen LogP contribution in [-0.2, 0) is 10.0 Å². The van der Waals surface area contributed by atoms with E-state index in [0.29, 0.717) is 4.90 Å². The molecule has 5 heteroatoms. The number of hydrogen-bond acceptors (Lipinski definition) is 3. The van der Waals surface area contributed by atoms with Crippen LogP contribution in [-0.4, -0.2) is 21.0 Å². The molecule has 0 aliphatic heterocycles. The molecule has 0 aromatic heterocycles. The molecule has 1 fully saturated rings. The zero-order valence-corrected chi connectivity index (χ0v) is 14.0. The summed E-state index contributed by atoms with van der Waals surface area (Å²) >= 11 is 0. The van der Waals surface area contributed by atoms with Gasteiger partial charge in [0.25, 0.3) is 0 Å². The third-order valence-electron chi connectivity index (χ3n) is 4.46. The smallest absolute Gasteiger partial charge is 0.241 e. The Labute approximate surface area is 128 Å². The van der Waals surface area contributed by atoms with Crippen molar-refractivity contribution >= 4 is 10.0 Å². The standard InChI is InChI=1S/C16H26N2O2S/c1-13(17-3)14-7-9-15(10-8-14)21(19,20)18-16(2)11-5-4-6-12-16/h7-10,13,17-18H,4-6,11-12H2,1-3H3. The molecule has 1 aliphatic rings. The molecule has 1 aromatic rings. The molecule has 0 heterocycles. The van der Waals surface area contributed by atoms with E-state index in [9.17, 15) is 8.42 Å². The molecule has 0 bridgehead atoms. The van der Waals surface area contributed by atoms with Gasteiger partial charge in [-0.3, -0.25) is 0 Å². The number of rotatable bonds is 5. The van der Waals surface area contributed by atoms with Gasteiger partial charge in [-0.25, -0.2) is 13.1 Å². The molecule has 0 spiro atoms. The van der Waals surface area contributed by atoms with Crippen molar-refractivity contribution in [2.24, 2.45) is 0 Å². The van der Waals surface area contributed by atoms with Crippen LogP contribution in [0.15, 0.2) is 29.2 Å². The van der Waals surface area contributed by atoms with Crippen LogP contribution >= 0.6 is 0 Å². The van der Waals surface area contributed by atoms with Crippen molar-refractivity contribution < 1.29 is 8.42 Å². The van der Waals surface area contributed by atoms with Gasteiger partial charge in [-0.05, 0) is 51.4 Å². The van der Waals surface area contributed by atoms with Crippen molar-refractivity contribution in [3.63, 3.8) is 0 Å². The van der Waals surface area contributed by atoms with Gasteiger partial charge >= 0.3 is 0 Å². The number of nitrogens with one attached hydrogen (secondary N) is 2. The monoisotopic (exact) mass is 310 g/mol. The lowest BCUT2D eigenvalue weighted by Crippen LogP contribution is -2.47. The largest absolute Gasteiger partial charge is 0.313 e. The van der Waals surface area contributed by atoms with E-state index >= 15 is 0 Å². The quantitative estimate of drug-likeness (QED) is 0.879. The fourth-order valence-electron chi connectivity index (χ4n) is 2.92. The molecule has 118 valence electrons. The number of hydrogen-bond donors (Lipinski definition) is 2. The summed E-state index contributed by atoms with van der Waals surface area (Å²) in [5, 5.41) is 3.15. The Morgan fingerprint density at radius 1 is 1.10 bits per heavy atom. The highest BCUT2D eigenvalue weighted by molar-refractivity contribution is 7.89. The fourth-order valence-corrected chi connectivity index (χ4v) is 4.38. The summed E-state index contributed by atoms with van der Waals surface area (Å²) in [4.78, 5) is 0.348. The molecule has 0 amide bonds. The maximum atomic E-state index is 12.5. The van der Waals surface area contributed by atoms with E-state index < -0.39 is 10.0 Å². The van der Waals surface area contributed by atoms with Crippen LogP contribution in [0.25, 0.3) is 0 Å². The zero-order chi connectivity index (χ0) is 15.5. The summed E-state index contributed by atoms with van der Waals surface area (Å²) in [6.45, 7) is 4.06. The van der Waals surface area contributed by atoms with Gasteiger partial charge in [-0.1, -0.05) is 31.4 Å². The van der Waals surface area contributed by atoms with Crippen molar-refractivity contribution in [2.75, 3.05) is 7.05 Å². The second kappa shape index (κ2) is 6.46. The summed E-state index contributed by atoms with van der Waals surface area (Å²) < 4.78 is 28.0. The molecule has 21 heavy (non-hydrogen) atoms. The second-order valence-electron chi connectivity index (χ2n) is 6.31. The molecular formula is C16H26N2O2S. The van der Waals surface area contributed by atoms with Crippen LogP contribution in [0, 0.1) is 0 Å². The Morgan fingerprint density at radius 2 is 1.67 bits per heavy atom. The molecule has 4 nitrogen and oxygen atoms in total. The van der Waals surface area contributed by atoms with Crippen molar-refractivity contribution in [3.05, 3.63) is 29.8 Å². The molecule has 1 atom stereocenters. The van der Waals surface area contributed by atoms with Gasteiger partial charge in [-0.2, -0.15) is 0 Å². The summed E-state index contributed by atoms with van der Waals surface area (Å²) in [6, 6.07) is 7.35. The maximum Gasteiger partial charge on any atom is 0.241 e. The third-order valence-corrected chi connectivity index (χ3v) is 6.12. The molecular weight excluding hydrogens is 284 g/mol.